The van der Waals surface area contributed by atoms with Crippen LogP contribution in [0.4, 0.5) is 19.9 Å². The van der Waals surface area contributed by atoms with Gasteiger partial charge in [-0.05, 0) is 80.6 Å². The van der Waals surface area contributed by atoms with Crippen molar-refractivity contribution in [2.24, 2.45) is 0 Å². The van der Waals surface area contributed by atoms with Crippen molar-refractivity contribution in [1.82, 2.24) is 60.3 Å². The minimum Gasteiger partial charge on any atom is -0.340 e. The van der Waals surface area contributed by atoms with E-state index in [0.717, 1.165) is 97.2 Å². The fraction of sp³-hybridized carbons (Fsp3) is 0.300. The molecule has 5 amide bonds. The summed E-state index contributed by atoms with van der Waals surface area (Å²) < 4.78 is 1.89. The van der Waals surface area contributed by atoms with Gasteiger partial charge in [0.25, 0.3) is 0 Å². The lowest BCUT2D eigenvalue weighted by molar-refractivity contribution is -0.133. The molecule has 1 aliphatic rings. The number of piperazine rings is 1. The molecule has 1 unspecified atom stereocenters. The number of nitrogens with zero attached hydrogens (tertiary/aromatic N) is 10. The van der Waals surface area contributed by atoms with E-state index >= 15 is 0 Å². The van der Waals surface area contributed by atoms with E-state index in [1.165, 1.54) is 22.7 Å². The Hall–Kier alpha value is -7.35. The minimum atomic E-state index is -0.291. The fourth-order valence-corrected chi connectivity index (χ4v) is 9.53. The van der Waals surface area contributed by atoms with Crippen LogP contribution >= 0.6 is 22.7 Å². The summed E-state index contributed by atoms with van der Waals surface area (Å²) in [4.78, 5) is 77.6. The molecule has 7 heterocycles. The number of benzene rings is 2. The lowest BCUT2D eigenvalue weighted by Gasteiger charge is -2.33. The summed E-state index contributed by atoms with van der Waals surface area (Å²) in [6.45, 7) is 14.3. The molecular weight excluding hydrogens is 909 g/mol. The summed E-state index contributed by atoms with van der Waals surface area (Å²) in [5, 5.41) is 12.1. The average Bonchev–Trinajstić information content (AvgIpc) is 3.97. The van der Waals surface area contributed by atoms with Gasteiger partial charge in [-0.3, -0.25) is 25.4 Å². The number of carbonyl (C=O) groups excluding carboxylic acids is 3. The number of rotatable bonds is 12. The highest BCUT2D eigenvalue weighted by Crippen LogP contribution is 2.40. The molecule has 8 aromatic rings. The van der Waals surface area contributed by atoms with Crippen LogP contribution in [0.5, 0.6) is 0 Å². The first kappa shape index (κ1) is 48.1. The van der Waals surface area contributed by atoms with Crippen LogP contribution < -0.4 is 21.3 Å². The third-order valence-electron chi connectivity index (χ3n) is 11.3. The van der Waals surface area contributed by atoms with E-state index in [2.05, 4.69) is 99.1 Å². The Morgan fingerprint density at radius 1 is 0.609 bits per heavy atom. The van der Waals surface area contributed by atoms with Crippen LogP contribution in [0.1, 0.15) is 64.5 Å². The number of thiazole rings is 2. The Bertz CT molecular complexity index is 3030. The van der Waals surface area contributed by atoms with Gasteiger partial charge in [-0.15, -0.1) is 0 Å². The van der Waals surface area contributed by atoms with Crippen LogP contribution in [0.15, 0.2) is 97.8 Å². The number of likely N-dealkylation sites (N-methyl/N-ethyl adjacent to an activating group) is 1. The van der Waals surface area contributed by atoms with Gasteiger partial charge in [0.1, 0.15) is 11.6 Å². The molecule has 69 heavy (non-hydrogen) atoms. The third-order valence-corrected chi connectivity index (χ3v) is 13.3. The molecule has 0 radical (unpaired) electrons. The summed E-state index contributed by atoms with van der Waals surface area (Å²) in [7, 11) is 2.08. The quantitative estimate of drug-likeness (QED) is 0.0903. The molecule has 4 N–H and O–H groups in total. The minimum absolute atomic E-state index is 0.0841. The van der Waals surface area contributed by atoms with Gasteiger partial charge in [-0.1, -0.05) is 55.6 Å². The zero-order chi connectivity index (χ0) is 48.4. The molecule has 9 rings (SSSR count). The zero-order valence-electron chi connectivity index (χ0n) is 39.4. The number of fused-ring (bicyclic) bond motifs is 2. The highest BCUT2D eigenvalue weighted by atomic mass is 32.1. The van der Waals surface area contributed by atoms with E-state index in [1.807, 2.05) is 86.6 Å². The van der Waals surface area contributed by atoms with Crippen LogP contribution in [-0.4, -0.2) is 114 Å². The Labute approximate surface area is 408 Å². The maximum absolute atomic E-state index is 12.8. The maximum atomic E-state index is 12.8. The van der Waals surface area contributed by atoms with Gasteiger partial charge >= 0.3 is 12.1 Å². The second kappa shape index (κ2) is 22.2. The van der Waals surface area contributed by atoms with Crippen molar-refractivity contribution < 1.29 is 14.4 Å². The zero-order valence-corrected chi connectivity index (χ0v) is 41.0. The second-order valence-electron chi connectivity index (χ2n) is 16.8. The number of nitrogens with one attached hydrogen (secondary N) is 4. The maximum Gasteiger partial charge on any atom is 0.321 e. The van der Waals surface area contributed by atoms with E-state index in [0.29, 0.717) is 35.6 Å². The highest BCUT2D eigenvalue weighted by Gasteiger charge is 2.23. The molecule has 0 spiro atoms. The summed E-state index contributed by atoms with van der Waals surface area (Å²) in [5.74, 6) is 1.79. The number of urea groups is 2. The van der Waals surface area contributed by atoms with Crippen molar-refractivity contribution in [2.45, 2.75) is 52.9 Å². The number of pyridine rings is 2. The predicted octanol–water partition coefficient (Wildman–Crippen LogP) is 9.30. The molecule has 0 bridgehead atoms. The Morgan fingerprint density at radius 3 is 1.49 bits per heavy atom. The normalized spacial score (nSPS) is 13.2. The number of anilines is 2. The fourth-order valence-electron chi connectivity index (χ4n) is 7.60. The molecule has 6 aromatic heterocycles. The molecule has 1 fully saturated rings. The summed E-state index contributed by atoms with van der Waals surface area (Å²) in [6, 6.07) is 19.1. The van der Waals surface area contributed by atoms with Crippen molar-refractivity contribution in [3.63, 3.8) is 0 Å². The van der Waals surface area contributed by atoms with Crippen molar-refractivity contribution >= 4 is 71.3 Å². The average molecular weight is 963 g/mol. The highest BCUT2D eigenvalue weighted by molar-refractivity contribution is 7.23. The number of carbonyl (C=O) groups is 3. The van der Waals surface area contributed by atoms with Gasteiger partial charge in [0.15, 0.2) is 10.3 Å². The molecule has 17 nitrogen and oxygen atoms in total. The van der Waals surface area contributed by atoms with E-state index in [1.54, 1.807) is 24.8 Å². The van der Waals surface area contributed by atoms with E-state index < -0.39 is 0 Å². The first-order chi connectivity index (χ1) is 33.5. The lowest BCUT2D eigenvalue weighted by Crippen LogP contribution is -2.47. The molecule has 19 heteroatoms. The topological polar surface area (TPSA) is 209 Å². The Morgan fingerprint density at radius 2 is 1.07 bits per heavy atom. The molecule has 0 aliphatic carbocycles. The molecule has 1 aliphatic heterocycles. The van der Waals surface area contributed by atoms with Gasteiger partial charge in [-0.25, -0.2) is 39.5 Å². The van der Waals surface area contributed by atoms with Crippen molar-refractivity contribution in [2.75, 3.05) is 56.9 Å². The first-order valence-corrected chi connectivity index (χ1v) is 24.5. The molecule has 2 aromatic carbocycles. The van der Waals surface area contributed by atoms with E-state index in [-0.39, 0.29) is 29.8 Å². The van der Waals surface area contributed by atoms with Crippen molar-refractivity contribution in [3.8, 4) is 44.8 Å². The number of hydrogen-bond acceptors (Lipinski definition) is 14. The van der Waals surface area contributed by atoms with Crippen molar-refractivity contribution in [1.29, 1.82) is 0 Å². The molecule has 1 saturated heterocycles. The third kappa shape index (κ3) is 11.9. The lowest BCUT2D eigenvalue weighted by atomic mass is 10.0. The number of hydrogen-bond donors (Lipinski definition) is 4. The van der Waals surface area contributed by atoms with Gasteiger partial charge in [0, 0.05) is 117 Å². The van der Waals surface area contributed by atoms with Crippen LogP contribution in [0.3, 0.4) is 0 Å². The molecular formula is C50H54N14O3S2. The van der Waals surface area contributed by atoms with Gasteiger partial charge < -0.3 is 20.4 Å². The van der Waals surface area contributed by atoms with Gasteiger partial charge in [0.05, 0.1) is 31.8 Å². The Balaban J connectivity index is 0.000000192. The number of aromatic nitrogens is 8. The summed E-state index contributed by atoms with van der Waals surface area (Å²) >= 11 is 2.84. The van der Waals surface area contributed by atoms with Crippen LogP contribution in [-0.2, 0) is 4.79 Å². The van der Waals surface area contributed by atoms with Crippen LogP contribution in [0.25, 0.3) is 65.2 Å². The smallest absolute Gasteiger partial charge is 0.321 e. The standard InChI is InChI=1S/C28H32N8O2S.C22H22N6OS/c1-4-29-27(38)34-28-33-23-15-19(14-21(25(23)39-28)22-7-5-6-8-30-22)20-16-31-26(32-17-20)18(2)13-24(37)36-11-9-35(3)10-12-36;1-4-23-21(29)28-22-27-18-10-14(15-11-25-20(13(2)3)26-12-15)9-16(19(18)30-22)17-7-5-6-8-24-17/h5-8,14-18H,4,9-13H2,1-3H3,(H2,29,33,34,38);5-13H,4H2,1-3H3,(H2,23,27,28,29). The SMILES string of the molecule is CCNC(=O)Nc1nc2cc(-c3cnc(C(C)C)nc3)cc(-c3ccccn3)c2s1.CCNC(=O)Nc1nc2cc(-c3cnc(C(C)CC(=O)N4CCN(C)CC4)nc3)cc(-c3ccccn3)c2s1. The van der Waals surface area contributed by atoms with E-state index in [4.69, 9.17) is 0 Å². The molecule has 1 atom stereocenters. The first-order valence-electron chi connectivity index (χ1n) is 22.9. The van der Waals surface area contributed by atoms with Crippen molar-refractivity contribution in [3.05, 3.63) is 109 Å². The number of amides is 5. The van der Waals surface area contributed by atoms with Gasteiger partial charge in [-0.2, -0.15) is 0 Å². The van der Waals surface area contributed by atoms with Crippen LogP contribution in [0, 0.1) is 0 Å². The second-order valence-corrected chi connectivity index (χ2v) is 18.8. The van der Waals surface area contributed by atoms with Crippen LogP contribution in [0.2, 0.25) is 0 Å². The summed E-state index contributed by atoms with van der Waals surface area (Å²) in [6.07, 6.45) is 11.2. The summed E-state index contributed by atoms with van der Waals surface area (Å²) in [5.41, 5.74) is 8.66. The largest absolute Gasteiger partial charge is 0.340 e. The monoisotopic (exact) mass is 962 g/mol. The molecule has 0 saturated carbocycles. The molecule has 354 valence electrons. The predicted molar refractivity (Wildman–Crippen MR) is 274 cm³/mol. The Kier molecular flexibility index (Phi) is 15.5. The van der Waals surface area contributed by atoms with Gasteiger partial charge in [0.2, 0.25) is 5.91 Å². The van der Waals surface area contributed by atoms with E-state index in [9.17, 15) is 14.4 Å².